The molecule has 94 valence electrons. The Morgan fingerprint density at radius 3 is 2.12 bits per heavy atom. The molecule has 0 aromatic heterocycles. The predicted molar refractivity (Wildman–Crippen MR) is 48.0 cm³/mol. The first-order chi connectivity index (χ1) is 7.56. The summed E-state index contributed by atoms with van der Waals surface area (Å²) in [5.74, 6) is -7.04. The van der Waals surface area contributed by atoms with E-state index >= 15 is 0 Å². The van der Waals surface area contributed by atoms with E-state index in [-0.39, 0.29) is 6.07 Å². The van der Waals surface area contributed by atoms with E-state index < -0.39 is 34.2 Å². The van der Waals surface area contributed by atoms with Gasteiger partial charge in [0.1, 0.15) is 0 Å². The Labute approximate surface area is 96.6 Å². The van der Waals surface area contributed by atoms with Gasteiger partial charge in [-0.15, -0.1) is 0 Å². The molecule has 0 heterocycles. The number of carbonyl (C=O) groups is 1. The van der Waals surface area contributed by atoms with Gasteiger partial charge in [0.15, 0.2) is 0 Å². The fourth-order valence-electron chi connectivity index (χ4n) is 1.06. The SMILES string of the molecule is O=C(O)C(F)(F)c1cc(C(F)(F)F)ccc1Cl. The maximum Gasteiger partial charge on any atom is 0.416 e. The second-order valence-electron chi connectivity index (χ2n) is 3.07. The van der Waals surface area contributed by atoms with Crippen LogP contribution in [-0.2, 0) is 16.9 Å². The van der Waals surface area contributed by atoms with Crippen LogP contribution in [0.5, 0.6) is 0 Å². The van der Waals surface area contributed by atoms with Crippen molar-refractivity contribution in [1.29, 1.82) is 0 Å². The smallest absolute Gasteiger partial charge is 0.416 e. The zero-order valence-corrected chi connectivity index (χ0v) is 8.61. The molecule has 0 bridgehead atoms. The summed E-state index contributed by atoms with van der Waals surface area (Å²) < 4.78 is 62.9. The summed E-state index contributed by atoms with van der Waals surface area (Å²) in [4.78, 5) is 10.2. The van der Waals surface area contributed by atoms with Gasteiger partial charge in [-0.05, 0) is 18.2 Å². The van der Waals surface area contributed by atoms with Crippen LogP contribution in [0.2, 0.25) is 5.02 Å². The lowest BCUT2D eigenvalue weighted by Crippen LogP contribution is -2.26. The van der Waals surface area contributed by atoms with E-state index in [0.717, 1.165) is 0 Å². The molecular weight excluding hydrogens is 271 g/mol. The molecule has 0 radical (unpaired) electrons. The first-order valence-corrected chi connectivity index (χ1v) is 4.43. The fourth-order valence-corrected chi connectivity index (χ4v) is 1.29. The minimum Gasteiger partial charge on any atom is -0.477 e. The normalized spacial score (nSPS) is 12.6. The average molecular weight is 275 g/mol. The Bertz CT molecular complexity index is 455. The molecular formula is C9H4ClF5O2. The minimum atomic E-state index is -4.85. The largest absolute Gasteiger partial charge is 0.477 e. The van der Waals surface area contributed by atoms with Gasteiger partial charge in [0.2, 0.25) is 0 Å². The van der Waals surface area contributed by atoms with Crippen LogP contribution in [0.1, 0.15) is 11.1 Å². The maximum absolute atomic E-state index is 13.1. The number of hydrogen-bond donors (Lipinski definition) is 1. The first-order valence-electron chi connectivity index (χ1n) is 4.05. The summed E-state index contributed by atoms with van der Waals surface area (Å²) in [6.45, 7) is 0. The highest BCUT2D eigenvalue weighted by Gasteiger charge is 2.44. The summed E-state index contributed by atoms with van der Waals surface area (Å²) in [5, 5.41) is 7.48. The number of alkyl halides is 5. The van der Waals surface area contributed by atoms with Crippen molar-refractivity contribution in [2.75, 3.05) is 0 Å². The predicted octanol–water partition coefficient (Wildman–Crippen LogP) is 3.54. The summed E-state index contributed by atoms with van der Waals surface area (Å²) in [5.41, 5.74) is -2.78. The molecule has 0 aliphatic carbocycles. The first kappa shape index (κ1) is 13.7. The highest BCUT2D eigenvalue weighted by Crippen LogP contribution is 2.38. The Hall–Kier alpha value is -1.37. The number of rotatable bonds is 2. The van der Waals surface area contributed by atoms with Crippen LogP contribution >= 0.6 is 11.6 Å². The zero-order chi connectivity index (χ0) is 13.4. The number of hydrogen-bond acceptors (Lipinski definition) is 1. The quantitative estimate of drug-likeness (QED) is 0.838. The molecule has 0 aliphatic rings. The van der Waals surface area contributed by atoms with Gasteiger partial charge < -0.3 is 5.11 Å². The Morgan fingerprint density at radius 2 is 1.71 bits per heavy atom. The van der Waals surface area contributed by atoms with Crippen LogP contribution < -0.4 is 0 Å². The van der Waals surface area contributed by atoms with Crippen LogP contribution in [0, 0.1) is 0 Å². The molecule has 0 aliphatic heterocycles. The van der Waals surface area contributed by atoms with Crippen molar-refractivity contribution in [2.24, 2.45) is 0 Å². The van der Waals surface area contributed by atoms with Gasteiger partial charge in [-0.2, -0.15) is 22.0 Å². The molecule has 8 heteroatoms. The van der Waals surface area contributed by atoms with E-state index in [0.29, 0.717) is 12.1 Å². The summed E-state index contributed by atoms with van der Waals surface area (Å²) >= 11 is 5.26. The summed E-state index contributed by atoms with van der Waals surface area (Å²) in [6, 6.07) is 1.09. The topological polar surface area (TPSA) is 37.3 Å². The number of benzene rings is 1. The van der Waals surface area contributed by atoms with E-state index in [2.05, 4.69) is 0 Å². The van der Waals surface area contributed by atoms with E-state index in [1.807, 2.05) is 0 Å². The van der Waals surface area contributed by atoms with Crippen LogP contribution in [0.25, 0.3) is 0 Å². The van der Waals surface area contributed by atoms with Crippen LogP contribution in [0.3, 0.4) is 0 Å². The number of aliphatic carboxylic acids is 1. The third-order valence-corrected chi connectivity index (χ3v) is 2.23. The van der Waals surface area contributed by atoms with Crippen molar-refractivity contribution in [2.45, 2.75) is 12.1 Å². The van der Waals surface area contributed by atoms with Gasteiger partial charge in [0.25, 0.3) is 0 Å². The van der Waals surface area contributed by atoms with Gasteiger partial charge in [0.05, 0.1) is 16.1 Å². The second-order valence-corrected chi connectivity index (χ2v) is 3.48. The van der Waals surface area contributed by atoms with Gasteiger partial charge in [-0.1, -0.05) is 11.6 Å². The molecule has 0 saturated heterocycles. The van der Waals surface area contributed by atoms with Crippen LogP contribution in [-0.4, -0.2) is 11.1 Å². The molecule has 1 aromatic carbocycles. The number of halogens is 6. The molecule has 1 aromatic rings. The third kappa shape index (κ3) is 2.66. The highest BCUT2D eigenvalue weighted by atomic mass is 35.5. The summed E-state index contributed by atoms with van der Waals surface area (Å²) in [7, 11) is 0. The molecule has 0 spiro atoms. The maximum atomic E-state index is 13.1. The van der Waals surface area contributed by atoms with E-state index in [1.165, 1.54) is 0 Å². The Kier molecular flexibility index (Phi) is 3.33. The molecule has 17 heavy (non-hydrogen) atoms. The van der Waals surface area contributed by atoms with Gasteiger partial charge in [0, 0.05) is 0 Å². The van der Waals surface area contributed by atoms with Crippen molar-refractivity contribution < 1.29 is 31.9 Å². The molecule has 1 rings (SSSR count). The van der Waals surface area contributed by atoms with Gasteiger partial charge in [-0.3, -0.25) is 0 Å². The molecule has 0 amide bonds. The van der Waals surface area contributed by atoms with Crippen molar-refractivity contribution >= 4 is 17.6 Å². The number of carboxylic acids is 1. The zero-order valence-electron chi connectivity index (χ0n) is 7.86. The van der Waals surface area contributed by atoms with Crippen LogP contribution in [0.15, 0.2) is 18.2 Å². The van der Waals surface area contributed by atoms with Crippen molar-refractivity contribution in [3.05, 3.63) is 34.3 Å². The lowest BCUT2D eigenvalue weighted by Gasteiger charge is -2.15. The number of carboxylic acid groups (broad SMARTS) is 1. The van der Waals surface area contributed by atoms with E-state index in [1.54, 1.807) is 0 Å². The molecule has 2 nitrogen and oxygen atoms in total. The standard InChI is InChI=1S/C9H4ClF5O2/c10-6-2-1-4(9(13,14)15)3-5(6)8(11,12)7(16)17/h1-3H,(H,16,17). The second kappa shape index (κ2) is 4.14. The van der Waals surface area contributed by atoms with Gasteiger partial charge >= 0.3 is 18.1 Å². The average Bonchev–Trinajstić information content (AvgIpc) is 2.15. The minimum absolute atomic E-state index is 0.0243. The van der Waals surface area contributed by atoms with E-state index in [4.69, 9.17) is 16.7 Å². The Morgan fingerprint density at radius 1 is 1.18 bits per heavy atom. The summed E-state index contributed by atoms with van der Waals surface area (Å²) in [6.07, 6.45) is -4.85. The lowest BCUT2D eigenvalue weighted by atomic mass is 10.0. The molecule has 0 saturated carbocycles. The lowest BCUT2D eigenvalue weighted by molar-refractivity contribution is -0.166. The molecule has 1 N–H and O–H groups in total. The molecule has 0 unspecified atom stereocenters. The third-order valence-electron chi connectivity index (χ3n) is 1.90. The van der Waals surface area contributed by atoms with Crippen molar-refractivity contribution in [1.82, 2.24) is 0 Å². The van der Waals surface area contributed by atoms with Gasteiger partial charge in [-0.25, -0.2) is 4.79 Å². The Balaban J connectivity index is 3.39. The molecule has 0 atom stereocenters. The van der Waals surface area contributed by atoms with Crippen molar-refractivity contribution in [3.8, 4) is 0 Å². The monoisotopic (exact) mass is 274 g/mol. The van der Waals surface area contributed by atoms with Crippen molar-refractivity contribution in [3.63, 3.8) is 0 Å². The fraction of sp³-hybridized carbons (Fsp3) is 0.222. The molecule has 0 fully saturated rings. The highest BCUT2D eigenvalue weighted by molar-refractivity contribution is 6.31. The van der Waals surface area contributed by atoms with E-state index in [9.17, 15) is 26.7 Å². The van der Waals surface area contributed by atoms with Crippen LogP contribution in [0.4, 0.5) is 22.0 Å².